The second kappa shape index (κ2) is 4.42. The van der Waals surface area contributed by atoms with Gasteiger partial charge in [0.25, 0.3) is 0 Å². The fourth-order valence-electron chi connectivity index (χ4n) is 2.20. The maximum absolute atomic E-state index is 13.2. The summed E-state index contributed by atoms with van der Waals surface area (Å²) in [5.41, 5.74) is 1.07. The molecule has 0 radical (unpaired) electrons. The molecule has 0 saturated carbocycles. The summed E-state index contributed by atoms with van der Waals surface area (Å²) >= 11 is 0. The number of anilines is 1. The van der Waals surface area contributed by atoms with Gasteiger partial charge in [0.1, 0.15) is 5.82 Å². The number of hydrogen-bond acceptors (Lipinski definition) is 2. The average molecular weight is 222 g/mol. The Morgan fingerprint density at radius 3 is 2.94 bits per heavy atom. The molecule has 3 heteroatoms. The van der Waals surface area contributed by atoms with Crippen LogP contribution in [0.1, 0.15) is 20.3 Å². The monoisotopic (exact) mass is 222 g/mol. The van der Waals surface area contributed by atoms with E-state index in [-0.39, 0.29) is 11.4 Å². The highest BCUT2D eigenvalue weighted by molar-refractivity contribution is 5.47. The van der Waals surface area contributed by atoms with Crippen molar-refractivity contribution in [2.24, 2.45) is 0 Å². The summed E-state index contributed by atoms with van der Waals surface area (Å²) in [6, 6.07) is 6.85. The van der Waals surface area contributed by atoms with Crippen molar-refractivity contribution < 1.29 is 4.39 Å². The Morgan fingerprint density at radius 2 is 2.19 bits per heavy atom. The number of benzene rings is 1. The quantitative estimate of drug-likeness (QED) is 0.785. The van der Waals surface area contributed by atoms with E-state index in [0.29, 0.717) is 0 Å². The Bertz CT molecular complexity index is 363. The third-order valence-electron chi connectivity index (χ3n) is 2.97. The molecular formula is C13H19FN2. The molecule has 88 valence electrons. The molecule has 1 heterocycles. The van der Waals surface area contributed by atoms with Crippen LogP contribution in [0.4, 0.5) is 10.1 Å². The van der Waals surface area contributed by atoms with Gasteiger partial charge in [0.15, 0.2) is 0 Å². The zero-order valence-electron chi connectivity index (χ0n) is 9.96. The lowest BCUT2D eigenvalue weighted by Crippen LogP contribution is -2.46. The molecule has 0 aliphatic carbocycles. The standard InChI is InChI=1S/C13H19FN2/c1-13(2)10-16(8-4-7-15-13)12-6-3-5-11(14)9-12/h3,5-6,9,15H,4,7-8,10H2,1-2H3. The first-order valence-electron chi connectivity index (χ1n) is 5.82. The Morgan fingerprint density at radius 1 is 1.38 bits per heavy atom. The van der Waals surface area contributed by atoms with Crippen molar-refractivity contribution in [1.29, 1.82) is 0 Å². The van der Waals surface area contributed by atoms with Gasteiger partial charge in [0.05, 0.1) is 0 Å². The Kier molecular flexibility index (Phi) is 3.15. The van der Waals surface area contributed by atoms with Crippen molar-refractivity contribution in [3.05, 3.63) is 30.1 Å². The predicted octanol–water partition coefficient (Wildman–Crippen LogP) is 2.40. The highest BCUT2D eigenvalue weighted by Gasteiger charge is 2.24. The molecule has 0 unspecified atom stereocenters. The molecule has 2 rings (SSSR count). The lowest BCUT2D eigenvalue weighted by Gasteiger charge is -2.31. The van der Waals surface area contributed by atoms with E-state index in [1.54, 1.807) is 12.1 Å². The summed E-state index contributed by atoms with van der Waals surface area (Å²) in [7, 11) is 0. The summed E-state index contributed by atoms with van der Waals surface area (Å²) < 4.78 is 13.2. The maximum Gasteiger partial charge on any atom is 0.125 e. The largest absolute Gasteiger partial charge is 0.370 e. The Hall–Kier alpha value is -1.09. The van der Waals surface area contributed by atoms with Crippen LogP contribution in [0.25, 0.3) is 0 Å². The zero-order valence-corrected chi connectivity index (χ0v) is 9.96. The molecule has 1 aliphatic heterocycles. The van der Waals surface area contributed by atoms with Crippen LogP contribution in [0, 0.1) is 5.82 Å². The van der Waals surface area contributed by atoms with Crippen LogP contribution >= 0.6 is 0 Å². The molecule has 0 bridgehead atoms. The van der Waals surface area contributed by atoms with Gasteiger partial charge < -0.3 is 10.2 Å². The van der Waals surface area contributed by atoms with Gasteiger partial charge in [-0.1, -0.05) is 6.07 Å². The molecule has 1 saturated heterocycles. The van der Waals surface area contributed by atoms with E-state index >= 15 is 0 Å². The summed E-state index contributed by atoms with van der Waals surface area (Å²) in [4.78, 5) is 2.25. The molecule has 1 N–H and O–H groups in total. The minimum atomic E-state index is -0.160. The van der Waals surface area contributed by atoms with Crippen molar-refractivity contribution in [2.75, 3.05) is 24.5 Å². The van der Waals surface area contributed by atoms with Crippen molar-refractivity contribution in [2.45, 2.75) is 25.8 Å². The summed E-state index contributed by atoms with van der Waals surface area (Å²) in [5.74, 6) is -0.160. The van der Waals surface area contributed by atoms with E-state index in [2.05, 4.69) is 24.1 Å². The van der Waals surface area contributed by atoms with Crippen LogP contribution in [-0.2, 0) is 0 Å². The van der Waals surface area contributed by atoms with E-state index in [4.69, 9.17) is 0 Å². The highest BCUT2D eigenvalue weighted by Crippen LogP contribution is 2.20. The molecule has 0 spiro atoms. The molecule has 0 atom stereocenters. The van der Waals surface area contributed by atoms with Gasteiger partial charge in [0.2, 0.25) is 0 Å². The van der Waals surface area contributed by atoms with E-state index in [0.717, 1.165) is 31.7 Å². The maximum atomic E-state index is 13.2. The van der Waals surface area contributed by atoms with Crippen LogP contribution in [0.15, 0.2) is 24.3 Å². The Labute approximate surface area is 96.5 Å². The fourth-order valence-corrected chi connectivity index (χ4v) is 2.20. The number of rotatable bonds is 1. The molecule has 2 nitrogen and oxygen atoms in total. The molecule has 1 aliphatic rings. The SMILES string of the molecule is CC1(C)CN(c2cccc(F)c2)CCCN1. The lowest BCUT2D eigenvalue weighted by atomic mass is 10.1. The van der Waals surface area contributed by atoms with Crippen LogP contribution < -0.4 is 10.2 Å². The van der Waals surface area contributed by atoms with E-state index in [1.165, 1.54) is 6.07 Å². The lowest BCUT2D eigenvalue weighted by molar-refractivity contribution is 0.416. The molecule has 16 heavy (non-hydrogen) atoms. The van der Waals surface area contributed by atoms with Gasteiger partial charge in [0, 0.05) is 24.3 Å². The smallest absolute Gasteiger partial charge is 0.125 e. The number of nitrogens with one attached hydrogen (secondary N) is 1. The summed E-state index contributed by atoms with van der Waals surface area (Å²) in [5, 5.41) is 3.50. The van der Waals surface area contributed by atoms with Crippen molar-refractivity contribution in [3.8, 4) is 0 Å². The first-order valence-corrected chi connectivity index (χ1v) is 5.82. The molecule has 1 aromatic rings. The summed E-state index contributed by atoms with van der Waals surface area (Å²) in [6.45, 7) is 7.30. The summed E-state index contributed by atoms with van der Waals surface area (Å²) in [6.07, 6.45) is 1.10. The van der Waals surface area contributed by atoms with Crippen LogP contribution in [-0.4, -0.2) is 25.2 Å². The molecular weight excluding hydrogens is 203 g/mol. The van der Waals surface area contributed by atoms with E-state index in [1.807, 2.05) is 6.07 Å². The molecule has 0 aromatic heterocycles. The van der Waals surface area contributed by atoms with Gasteiger partial charge >= 0.3 is 0 Å². The number of hydrogen-bond donors (Lipinski definition) is 1. The number of halogens is 1. The van der Waals surface area contributed by atoms with E-state index < -0.39 is 0 Å². The topological polar surface area (TPSA) is 15.3 Å². The number of nitrogens with zero attached hydrogens (tertiary/aromatic N) is 1. The predicted molar refractivity (Wildman–Crippen MR) is 65.3 cm³/mol. The first kappa shape index (κ1) is 11.4. The minimum absolute atomic E-state index is 0.0861. The second-order valence-electron chi connectivity index (χ2n) is 5.07. The highest BCUT2D eigenvalue weighted by atomic mass is 19.1. The normalized spacial score (nSPS) is 20.6. The molecule has 1 fully saturated rings. The molecule has 0 amide bonds. The third kappa shape index (κ3) is 2.73. The van der Waals surface area contributed by atoms with Crippen molar-refractivity contribution >= 4 is 5.69 Å². The van der Waals surface area contributed by atoms with Crippen molar-refractivity contribution in [1.82, 2.24) is 5.32 Å². The molecule has 1 aromatic carbocycles. The van der Waals surface area contributed by atoms with Crippen LogP contribution in [0.5, 0.6) is 0 Å². The van der Waals surface area contributed by atoms with Crippen LogP contribution in [0.2, 0.25) is 0 Å². The van der Waals surface area contributed by atoms with Gasteiger partial charge in [-0.3, -0.25) is 0 Å². The average Bonchev–Trinajstić information content (AvgIpc) is 2.39. The second-order valence-corrected chi connectivity index (χ2v) is 5.07. The first-order chi connectivity index (χ1) is 7.57. The minimum Gasteiger partial charge on any atom is -0.370 e. The fraction of sp³-hybridized carbons (Fsp3) is 0.538. The van der Waals surface area contributed by atoms with Crippen LogP contribution in [0.3, 0.4) is 0 Å². The Balaban J connectivity index is 2.19. The zero-order chi connectivity index (χ0) is 11.6. The third-order valence-corrected chi connectivity index (χ3v) is 2.97. The van der Waals surface area contributed by atoms with E-state index in [9.17, 15) is 4.39 Å². The van der Waals surface area contributed by atoms with Gasteiger partial charge in [-0.15, -0.1) is 0 Å². The van der Waals surface area contributed by atoms with Gasteiger partial charge in [-0.25, -0.2) is 4.39 Å². The van der Waals surface area contributed by atoms with Gasteiger partial charge in [-0.05, 0) is 45.0 Å². The van der Waals surface area contributed by atoms with Crippen molar-refractivity contribution in [3.63, 3.8) is 0 Å². The van der Waals surface area contributed by atoms with Gasteiger partial charge in [-0.2, -0.15) is 0 Å².